The molecule has 1 saturated carbocycles. The molecule has 1 aliphatic heterocycles. The molecule has 0 aromatic rings. The first kappa shape index (κ1) is 28.8. The fraction of sp³-hybridized carbons (Fsp3) is 0.733. The van der Waals surface area contributed by atoms with E-state index in [9.17, 15) is 4.79 Å². The predicted molar refractivity (Wildman–Crippen MR) is 155 cm³/mol. The quantitative estimate of drug-likeness (QED) is 0.218. The van der Waals surface area contributed by atoms with Crippen LogP contribution >= 0.6 is 0 Å². The van der Waals surface area contributed by atoms with Crippen LogP contribution in [0.3, 0.4) is 0 Å². The molecule has 3 N–H and O–H groups in total. The van der Waals surface area contributed by atoms with Crippen LogP contribution in [-0.2, 0) is 9.53 Å². The average Bonchev–Trinajstić information content (AvgIpc) is 3.78. The second-order valence-corrected chi connectivity index (χ2v) is 11.5. The fourth-order valence-electron chi connectivity index (χ4n) is 5.89. The number of nitrogens with one attached hydrogen (secondary N) is 3. The van der Waals surface area contributed by atoms with Crippen molar-refractivity contribution < 1.29 is 9.53 Å². The number of carbonyl (C=O) groups excluding carboxylic acids is 1. The molecule has 0 spiro atoms. The maximum absolute atomic E-state index is 12.6. The Morgan fingerprint density at radius 3 is 2.63 bits per heavy atom. The van der Waals surface area contributed by atoms with Gasteiger partial charge in [-0.15, -0.1) is 0 Å². The summed E-state index contributed by atoms with van der Waals surface area (Å²) in [5.41, 5.74) is 3.31. The van der Waals surface area contributed by atoms with E-state index in [-0.39, 0.29) is 12.0 Å². The smallest absolute Gasteiger partial charge is 0.247 e. The lowest BCUT2D eigenvalue weighted by Gasteiger charge is -2.40. The Balaban J connectivity index is 1.15. The van der Waals surface area contributed by atoms with Crippen molar-refractivity contribution in [3.63, 3.8) is 0 Å². The molecule has 4 rings (SSSR count). The Morgan fingerprint density at radius 1 is 1.21 bits per heavy atom. The summed E-state index contributed by atoms with van der Waals surface area (Å²) in [5.74, 6) is 1.34. The molecule has 8 nitrogen and oxygen atoms in total. The Kier molecular flexibility index (Phi) is 10.8. The van der Waals surface area contributed by atoms with E-state index in [4.69, 9.17) is 4.74 Å². The Labute approximate surface area is 230 Å². The second kappa shape index (κ2) is 14.3. The molecule has 38 heavy (non-hydrogen) atoms. The molecule has 0 aromatic carbocycles. The maximum Gasteiger partial charge on any atom is 0.247 e. The molecule has 0 aromatic heterocycles. The van der Waals surface area contributed by atoms with E-state index in [1.807, 2.05) is 13.1 Å². The van der Waals surface area contributed by atoms with E-state index in [0.717, 1.165) is 75.0 Å². The number of allylic oxidation sites excluding steroid dienone is 1. The minimum Gasteiger partial charge on any atom is -0.377 e. The zero-order valence-corrected chi connectivity index (χ0v) is 23.9. The van der Waals surface area contributed by atoms with Crippen molar-refractivity contribution in [2.45, 2.75) is 82.9 Å². The zero-order valence-electron chi connectivity index (χ0n) is 23.9. The summed E-state index contributed by atoms with van der Waals surface area (Å²) in [6.45, 7) is 13.2. The number of nitrogens with zero attached hydrogens (tertiary/aromatic N) is 3. The summed E-state index contributed by atoms with van der Waals surface area (Å²) in [6.07, 6.45) is 13.7. The van der Waals surface area contributed by atoms with Crippen LogP contribution in [0.5, 0.6) is 0 Å². The monoisotopic (exact) mass is 526 g/mol. The van der Waals surface area contributed by atoms with E-state index < -0.39 is 0 Å². The van der Waals surface area contributed by atoms with Gasteiger partial charge in [-0.2, -0.15) is 0 Å². The lowest BCUT2D eigenvalue weighted by Crippen LogP contribution is -2.50. The summed E-state index contributed by atoms with van der Waals surface area (Å²) in [5, 5.41) is 10.1. The molecule has 1 heterocycles. The van der Waals surface area contributed by atoms with E-state index in [1.54, 1.807) is 7.11 Å². The molecule has 3 aliphatic carbocycles. The minimum absolute atomic E-state index is 0.0208. The number of rotatable bonds is 11. The SMILES string of the molecule is C=C(CC[C@H]1CC(C(=O)NC2CC2)=C[C@@H](OC)C1)CN/C(=N\C)NC1=CC[C@@H](N2CCN(CC)CC2)CC1. The Bertz CT molecular complexity index is 900. The minimum atomic E-state index is 0.0208. The number of ether oxygens (including phenoxy) is 1. The molecule has 3 atom stereocenters. The average molecular weight is 527 g/mol. The summed E-state index contributed by atoms with van der Waals surface area (Å²) in [6, 6.07) is 1.05. The van der Waals surface area contributed by atoms with Gasteiger partial charge in [-0.05, 0) is 76.3 Å². The third-order valence-corrected chi connectivity index (χ3v) is 8.64. The van der Waals surface area contributed by atoms with Gasteiger partial charge in [0, 0.05) is 70.2 Å². The van der Waals surface area contributed by atoms with E-state index in [2.05, 4.69) is 50.3 Å². The number of carbonyl (C=O) groups is 1. The van der Waals surface area contributed by atoms with E-state index in [1.165, 1.54) is 38.3 Å². The first-order valence-corrected chi connectivity index (χ1v) is 14.8. The number of guanidine groups is 1. The third kappa shape index (κ3) is 8.68. The summed E-state index contributed by atoms with van der Waals surface area (Å²) < 4.78 is 5.62. The van der Waals surface area contributed by atoms with Gasteiger partial charge in [-0.1, -0.05) is 25.2 Å². The van der Waals surface area contributed by atoms with Gasteiger partial charge < -0.3 is 25.6 Å². The number of likely N-dealkylation sites (N-methyl/N-ethyl adjacent to an activating group) is 1. The van der Waals surface area contributed by atoms with Crippen LogP contribution in [0, 0.1) is 5.92 Å². The zero-order chi connectivity index (χ0) is 26.9. The molecule has 0 unspecified atom stereocenters. The van der Waals surface area contributed by atoms with Crippen LogP contribution in [0.2, 0.25) is 0 Å². The fourth-order valence-corrected chi connectivity index (χ4v) is 5.89. The molecule has 1 saturated heterocycles. The van der Waals surface area contributed by atoms with Gasteiger partial charge in [0.15, 0.2) is 5.96 Å². The van der Waals surface area contributed by atoms with Crippen molar-refractivity contribution in [3.05, 3.63) is 35.6 Å². The highest BCUT2D eigenvalue weighted by atomic mass is 16.5. The number of hydrogen-bond donors (Lipinski definition) is 3. The van der Waals surface area contributed by atoms with Crippen molar-refractivity contribution >= 4 is 11.9 Å². The van der Waals surface area contributed by atoms with Crippen LogP contribution in [-0.4, -0.2) is 93.3 Å². The second-order valence-electron chi connectivity index (χ2n) is 11.5. The first-order chi connectivity index (χ1) is 18.5. The van der Waals surface area contributed by atoms with Gasteiger partial charge in [0.25, 0.3) is 0 Å². The number of amides is 1. The highest BCUT2D eigenvalue weighted by molar-refractivity contribution is 5.94. The van der Waals surface area contributed by atoms with Crippen LogP contribution in [0.15, 0.2) is 40.6 Å². The van der Waals surface area contributed by atoms with Gasteiger partial charge in [0.2, 0.25) is 5.91 Å². The standard InChI is InChI=1S/C30H50N6O2/c1-5-35-14-16-36(17-15-35)27-12-10-26(11-13-27)34-30(31-3)32-21-22(2)6-7-23-18-24(20-28(19-23)38-4)29(37)33-25-8-9-25/h10,20,23,25,27-28H,2,5-9,11-19,21H2,1,3-4H3,(H,33,37)(H2,31,32,34)/t23-,27+,28-/m0/s1. The van der Waals surface area contributed by atoms with Crippen LogP contribution in [0.25, 0.3) is 0 Å². The highest BCUT2D eigenvalue weighted by Crippen LogP contribution is 2.31. The molecule has 1 amide bonds. The van der Waals surface area contributed by atoms with Gasteiger partial charge in [-0.25, -0.2) is 0 Å². The number of hydrogen-bond acceptors (Lipinski definition) is 5. The summed E-state index contributed by atoms with van der Waals surface area (Å²) >= 11 is 0. The van der Waals surface area contributed by atoms with Gasteiger partial charge in [-0.3, -0.25) is 14.7 Å². The largest absolute Gasteiger partial charge is 0.377 e. The van der Waals surface area contributed by atoms with Crippen LogP contribution in [0.1, 0.15) is 64.7 Å². The first-order valence-electron chi connectivity index (χ1n) is 14.8. The van der Waals surface area contributed by atoms with Gasteiger partial charge in [0.05, 0.1) is 6.10 Å². The van der Waals surface area contributed by atoms with Gasteiger partial charge >= 0.3 is 0 Å². The normalized spacial score (nSPS) is 27.3. The Morgan fingerprint density at radius 2 is 2.00 bits per heavy atom. The molecule has 2 fully saturated rings. The van der Waals surface area contributed by atoms with E-state index in [0.29, 0.717) is 24.5 Å². The van der Waals surface area contributed by atoms with Gasteiger partial charge in [0.1, 0.15) is 0 Å². The molecule has 8 heteroatoms. The summed E-state index contributed by atoms with van der Waals surface area (Å²) in [7, 11) is 3.56. The van der Waals surface area contributed by atoms with Crippen molar-refractivity contribution in [1.82, 2.24) is 25.8 Å². The van der Waals surface area contributed by atoms with Crippen LogP contribution < -0.4 is 16.0 Å². The lowest BCUT2D eigenvalue weighted by atomic mass is 9.83. The number of piperazine rings is 1. The highest BCUT2D eigenvalue weighted by Gasteiger charge is 2.29. The maximum atomic E-state index is 12.6. The lowest BCUT2D eigenvalue weighted by molar-refractivity contribution is -0.118. The number of methoxy groups -OCH3 is 1. The van der Waals surface area contributed by atoms with Crippen molar-refractivity contribution in [2.75, 3.05) is 53.4 Å². The van der Waals surface area contributed by atoms with Crippen molar-refractivity contribution in [1.29, 1.82) is 0 Å². The Hall–Kier alpha value is -2.16. The third-order valence-electron chi connectivity index (χ3n) is 8.64. The van der Waals surface area contributed by atoms with E-state index >= 15 is 0 Å². The van der Waals surface area contributed by atoms with Crippen molar-refractivity contribution in [3.8, 4) is 0 Å². The van der Waals surface area contributed by atoms with Crippen molar-refractivity contribution in [2.24, 2.45) is 10.9 Å². The molecule has 0 bridgehead atoms. The molecular formula is C30H50N6O2. The molecule has 0 radical (unpaired) electrons. The molecule has 212 valence electrons. The topological polar surface area (TPSA) is 81.2 Å². The number of aliphatic imine (C=N–C) groups is 1. The van der Waals surface area contributed by atoms with Crippen LogP contribution in [0.4, 0.5) is 0 Å². The predicted octanol–water partition coefficient (Wildman–Crippen LogP) is 3.19. The molecular weight excluding hydrogens is 476 g/mol. The molecule has 4 aliphatic rings. The summed E-state index contributed by atoms with van der Waals surface area (Å²) in [4.78, 5) is 22.3.